The Kier molecular flexibility index (Phi) is 3.10. The summed E-state index contributed by atoms with van der Waals surface area (Å²) in [7, 11) is 0. The lowest BCUT2D eigenvalue weighted by Gasteiger charge is -2.05. The van der Waals surface area contributed by atoms with Crippen LogP contribution in [0.5, 0.6) is 0 Å². The summed E-state index contributed by atoms with van der Waals surface area (Å²) < 4.78 is 4.61. The van der Waals surface area contributed by atoms with Gasteiger partial charge in [0.2, 0.25) is 5.91 Å². The highest BCUT2D eigenvalue weighted by Crippen LogP contribution is 2.04. The van der Waals surface area contributed by atoms with Crippen molar-refractivity contribution in [1.82, 2.24) is 5.32 Å². The lowest BCUT2D eigenvalue weighted by atomic mass is 10.2. The molecule has 0 aliphatic carbocycles. The summed E-state index contributed by atoms with van der Waals surface area (Å²) in [5.41, 5.74) is 7.91. The monoisotopic (exact) mass is 184 g/mol. The molecule has 1 N–H and O–H groups in total. The minimum absolute atomic E-state index is 0.291. The Morgan fingerprint density at radius 1 is 1.85 bits per heavy atom. The molecule has 13 heavy (non-hydrogen) atoms. The van der Waals surface area contributed by atoms with Gasteiger partial charge in [0.1, 0.15) is 12.6 Å². The van der Waals surface area contributed by atoms with E-state index in [2.05, 4.69) is 20.1 Å². The summed E-state index contributed by atoms with van der Waals surface area (Å²) in [6.45, 7) is 0.0333. The Labute approximate surface area is 73.7 Å². The lowest BCUT2D eigenvalue weighted by Crippen LogP contribution is -2.39. The van der Waals surface area contributed by atoms with Crippen LogP contribution in [0.4, 0.5) is 0 Å². The van der Waals surface area contributed by atoms with E-state index in [-0.39, 0.29) is 6.54 Å². The van der Waals surface area contributed by atoms with Gasteiger partial charge in [-0.1, -0.05) is 5.11 Å². The third kappa shape index (κ3) is 2.64. The van der Waals surface area contributed by atoms with Gasteiger partial charge in [-0.25, -0.2) is 4.79 Å². The first kappa shape index (κ1) is 9.34. The fourth-order valence-electron chi connectivity index (χ4n) is 0.963. The van der Waals surface area contributed by atoms with Crippen LogP contribution >= 0.6 is 0 Å². The number of nitrogens with one attached hydrogen (secondary N) is 1. The van der Waals surface area contributed by atoms with E-state index in [0.29, 0.717) is 13.0 Å². The van der Waals surface area contributed by atoms with Crippen LogP contribution in [0, 0.1) is 0 Å². The van der Waals surface area contributed by atoms with Crippen LogP contribution < -0.4 is 5.32 Å². The van der Waals surface area contributed by atoms with E-state index in [1.54, 1.807) is 0 Å². The smallest absolute Gasteiger partial charge is 0.328 e. The highest BCUT2D eigenvalue weighted by Gasteiger charge is 2.27. The molecule has 1 atom stereocenters. The minimum atomic E-state index is -0.582. The van der Waals surface area contributed by atoms with Crippen molar-refractivity contribution in [1.29, 1.82) is 0 Å². The van der Waals surface area contributed by atoms with Crippen LogP contribution in [-0.2, 0) is 14.3 Å². The molecule has 1 aliphatic heterocycles. The topological polar surface area (TPSA) is 104 Å². The van der Waals surface area contributed by atoms with Gasteiger partial charge in [-0.3, -0.25) is 4.79 Å². The zero-order valence-corrected chi connectivity index (χ0v) is 6.77. The maximum absolute atomic E-state index is 10.9. The van der Waals surface area contributed by atoms with Crippen LogP contribution in [0.2, 0.25) is 0 Å². The molecule has 0 spiro atoms. The molecule has 0 unspecified atom stereocenters. The molecular weight excluding hydrogens is 176 g/mol. The van der Waals surface area contributed by atoms with Crippen LogP contribution in [0.25, 0.3) is 10.4 Å². The van der Waals surface area contributed by atoms with Crippen molar-refractivity contribution in [2.24, 2.45) is 5.11 Å². The van der Waals surface area contributed by atoms with Gasteiger partial charge >= 0.3 is 5.97 Å². The second-order valence-electron chi connectivity index (χ2n) is 2.47. The lowest BCUT2D eigenvalue weighted by molar-refractivity contribution is -0.141. The maximum Gasteiger partial charge on any atom is 0.328 e. The van der Waals surface area contributed by atoms with Crippen molar-refractivity contribution in [3.8, 4) is 0 Å². The minimum Gasteiger partial charge on any atom is -0.464 e. The molecule has 1 rings (SSSR count). The summed E-state index contributed by atoms with van der Waals surface area (Å²) in [6, 6.07) is -0.582. The van der Waals surface area contributed by atoms with Gasteiger partial charge in [0, 0.05) is 11.3 Å². The molecule has 0 aromatic rings. The molecule has 70 valence electrons. The van der Waals surface area contributed by atoms with E-state index in [9.17, 15) is 9.59 Å². The van der Waals surface area contributed by atoms with Gasteiger partial charge in [0.15, 0.2) is 0 Å². The Morgan fingerprint density at radius 2 is 2.62 bits per heavy atom. The molecule has 7 heteroatoms. The highest BCUT2D eigenvalue weighted by atomic mass is 16.5. The molecule has 7 nitrogen and oxygen atoms in total. The molecule has 0 aromatic heterocycles. The first-order valence-corrected chi connectivity index (χ1v) is 3.71. The number of nitrogens with zero attached hydrogens (tertiary/aromatic N) is 3. The molecule has 1 amide bonds. The van der Waals surface area contributed by atoms with Gasteiger partial charge in [0.25, 0.3) is 0 Å². The highest BCUT2D eigenvalue weighted by molar-refractivity contribution is 5.86. The van der Waals surface area contributed by atoms with Crippen LogP contribution in [-0.4, -0.2) is 31.1 Å². The van der Waals surface area contributed by atoms with E-state index in [1.807, 2.05) is 0 Å². The van der Waals surface area contributed by atoms with Gasteiger partial charge in [-0.2, -0.15) is 0 Å². The molecule has 1 saturated heterocycles. The second-order valence-corrected chi connectivity index (χ2v) is 2.47. The number of carbonyl (C=O) groups is 2. The number of hydrogen-bond acceptors (Lipinski definition) is 4. The van der Waals surface area contributed by atoms with Gasteiger partial charge in [0.05, 0.1) is 6.61 Å². The Balaban J connectivity index is 2.35. The number of amides is 1. The SMILES string of the molecule is [N-]=[N+]=NCC(=O)N[C@H]1CCOC1=O. The largest absolute Gasteiger partial charge is 0.464 e. The summed E-state index contributed by atoms with van der Waals surface area (Å²) in [6.07, 6.45) is 0.473. The predicted octanol–water partition coefficient (Wildman–Crippen LogP) is -0.272. The normalized spacial score (nSPS) is 20.3. The Bertz CT molecular complexity index is 271. The third-order valence-corrected chi connectivity index (χ3v) is 1.55. The van der Waals surface area contributed by atoms with Gasteiger partial charge in [-0.05, 0) is 5.53 Å². The fourth-order valence-corrected chi connectivity index (χ4v) is 0.963. The van der Waals surface area contributed by atoms with Crippen molar-refractivity contribution in [2.75, 3.05) is 13.2 Å². The summed E-state index contributed by atoms with van der Waals surface area (Å²) in [4.78, 5) is 24.2. The predicted molar refractivity (Wildman–Crippen MR) is 41.5 cm³/mol. The molecular formula is C6H8N4O3. The van der Waals surface area contributed by atoms with E-state index in [1.165, 1.54) is 0 Å². The number of rotatable bonds is 3. The number of ether oxygens (including phenoxy) is 1. The molecule has 0 saturated carbocycles. The zero-order valence-electron chi connectivity index (χ0n) is 6.77. The molecule has 0 bridgehead atoms. The first-order chi connectivity index (χ1) is 6.24. The van der Waals surface area contributed by atoms with Gasteiger partial charge < -0.3 is 10.1 Å². The fraction of sp³-hybridized carbons (Fsp3) is 0.667. The van der Waals surface area contributed by atoms with Crippen molar-refractivity contribution < 1.29 is 14.3 Å². The van der Waals surface area contributed by atoms with Crippen molar-refractivity contribution in [3.63, 3.8) is 0 Å². The molecule has 1 fully saturated rings. The van der Waals surface area contributed by atoms with Crippen LogP contribution in [0.15, 0.2) is 5.11 Å². The maximum atomic E-state index is 10.9. The van der Waals surface area contributed by atoms with E-state index in [0.717, 1.165) is 0 Å². The zero-order chi connectivity index (χ0) is 9.68. The van der Waals surface area contributed by atoms with Crippen molar-refractivity contribution >= 4 is 11.9 Å². The number of esters is 1. The second kappa shape index (κ2) is 4.32. The summed E-state index contributed by atoms with van der Waals surface area (Å²) in [5, 5.41) is 5.44. The number of carbonyl (C=O) groups excluding carboxylic acids is 2. The average Bonchev–Trinajstić information content (AvgIpc) is 2.48. The average molecular weight is 184 g/mol. The van der Waals surface area contributed by atoms with Gasteiger partial charge in [-0.15, -0.1) is 0 Å². The quantitative estimate of drug-likeness (QED) is 0.282. The molecule has 1 aliphatic rings. The van der Waals surface area contributed by atoms with E-state index >= 15 is 0 Å². The van der Waals surface area contributed by atoms with Crippen molar-refractivity contribution in [2.45, 2.75) is 12.5 Å². The van der Waals surface area contributed by atoms with Crippen molar-refractivity contribution in [3.05, 3.63) is 10.4 Å². The number of hydrogen-bond donors (Lipinski definition) is 1. The van der Waals surface area contributed by atoms with Crippen LogP contribution in [0.3, 0.4) is 0 Å². The number of cyclic esters (lactones) is 1. The molecule has 0 aromatic carbocycles. The van der Waals surface area contributed by atoms with Crippen LogP contribution in [0.1, 0.15) is 6.42 Å². The first-order valence-electron chi connectivity index (χ1n) is 3.71. The molecule has 0 radical (unpaired) electrons. The number of azide groups is 1. The standard InChI is InChI=1S/C6H8N4O3/c7-10-8-3-5(11)9-4-1-2-13-6(4)12/h4H,1-3H2,(H,9,11)/t4-/m0/s1. The summed E-state index contributed by atoms with van der Waals surface area (Å²) in [5.74, 6) is -0.907. The third-order valence-electron chi connectivity index (χ3n) is 1.55. The van der Waals surface area contributed by atoms with E-state index < -0.39 is 17.9 Å². The Hall–Kier alpha value is -1.75. The Morgan fingerprint density at radius 3 is 3.15 bits per heavy atom. The summed E-state index contributed by atoms with van der Waals surface area (Å²) >= 11 is 0. The van der Waals surface area contributed by atoms with E-state index in [4.69, 9.17) is 5.53 Å². The molecule has 1 heterocycles.